The van der Waals surface area contributed by atoms with Crippen molar-refractivity contribution in [3.8, 4) is 5.75 Å². The van der Waals surface area contributed by atoms with E-state index in [1.807, 2.05) is 16.7 Å². The summed E-state index contributed by atoms with van der Waals surface area (Å²) in [5, 5.41) is 8.44. The minimum Gasteiger partial charge on any atom is -0.493 e. The molecule has 0 N–H and O–H groups in total. The van der Waals surface area contributed by atoms with Gasteiger partial charge in [-0.1, -0.05) is 6.92 Å². The van der Waals surface area contributed by atoms with Crippen LogP contribution in [-0.2, 0) is 15.6 Å². The lowest BCUT2D eigenvalue weighted by atomic mass is 9.50. The highest BCUT2D eigenvalue weighted by Crippen LogP contribution is 2.60. The number of hydrogen-bond donors (Lipinski definition) is 0. The van der Waals surface area contributed by atoms with Crippen LogP contribution in [0.5, 0.6) is 5.75 Å². The summed E-state index contributed by atoms with van der Waals surface area (Å²) in [6.45, 7) is 2.49. The molecule has 5 saturated carbocycles. The Morgan fingerprint density at radius 3 is 2.37 bits per heavy atom. The van der Waals surface area contributed by atoms with Crippen LogP contribution >= 0.6 is 0 Å². The first-order valence-corrected chi connectivity index (χ1v) is 13.4. The average molecular weight is 430 g/mol. The molecule has 5 aliphatic carbocycles. The SMILES string of the molecule is CCS(=O)(=O)Cc1nnc2cc(OCC34CC5CC(CC(C5)C3)C4)c(C3CC3)cn12. The molecule has 5 fully saturated rings. The number of nitrogens with zero attached hydrogens (tertiary/aromatic N) is 3. The summed E-state index contributed by atoms with van der Waals surface area (Å²) in [5.74, 6) is 4.77. The van der Waals surface area contributed by atoms with Crippen LogP contribution in [0.25, 0.3) is 5.65 Å². The first-order chi connectivity index (χ1) is 14.4. The molecule has 30 heavy (non-hydrogen) atoms. The number of hydrogen-bond acceptors (Lipinski definition) is 5. The van der Waals surface area contributed by atoms with Gasteiger partial charge in [-0.15, -0.1) is 10.2 Å². The number of fused-ring (bicyclic) bond motifs is 1. The number of rotatable bonds is 7. The largest absolute Gasteiger partial charge is 0.493 e. The van der Waals surface area contributed by atoms with Crippen molar-refractivity contribution in [2.75, 3.05) is 12.4 Å². The van der Waals surface area contributed by atoms with Crippen LogP contribution in [0.1, 0.15) is 75.6 Å². The molecular weight excluding hydrogens is 398 g/mol. The standard InChI is InChI=1S/C23H31N3O3S/c1-2-30(27,28)13-22-25-24-21-8-20(19(12-26(21)22)18-3-4-18)29-14-23-9-15-5-16(10-23)7-17(6-15)11-23/h8,12,15-18H,2-7,9-11,13-14H2,1H3. The Balaban J connectivity index is 1.29. The van der Waals surface area contributed by atoms with Gasteiger partial charge in [0.1, 0.15) is 11.5 Å². The smallest absolute Gasteiger partial charge is 0.164 e. The molecule has 7 heteroatoms. The molecule has 0 spiro atoms. The molecule has 0 radical (unpaired) electrons. The van der Waals surface area contributed by atoms with E-state index in [4.69, 9.17) is 4.74 Å². The Kier molecular flexibility index (Phi) is 4.25. The van der Waals surface area contributed by atoms with Crippen molar-refractivity contribution in [3.05, 3.63) is 23.7 Å². The van der Waals surface area contributed by atoms with Gasteiger partial charge in [0.25, 0.3) is 0 Å². The van der Waals surface area contributed by atoms with Crippen molar-refractivity contribution in [1.29, 1.82) is 0 Å². The van der Waals surface area contributed by atoms with E-state index in [2.05, 4.69) is 10.2 Å². The fourth-order valence-corrected chi connectivity index (χ4v) is 7.69. The second-order valence-corrected chi connectivity index (χ2v) is 12.9. The van der Waals surface area contributed by atoms with E-state index in [0.717, 1.165) is 30.1 Å². The maximum absolute atomic E-state index is 12.1. The number of ether oxygens (including phenoxy) is 1. The Morgan fingerprint density at radius 2 is 1.77 bits per heavy atom. The van der Waals surface area contributed by atoms with Crippen molar-refractivity contribution >= 4 is 15.5 Å². The van der Waals surface area contributed by atoms with E-state index in [9.17, 15) is 8.42 Å². The second-order valence-electron chi connectivity index (χ2n) is 10.6. The Morgan fingerprint density at radius 1 is 1.10 bits per heavy atom. The van der Waals surface area contributed by atoms with Gasteiger partial charge < -0.3 is 4.74 Å². The van der Waals surface area contributed by atoms with Gasteiger partial charge in [0, 0.05) is 29.0 Å². The minimum atomic E-state index is -3.15. The summed E-state index contributed by atoms with van der Waals surface area (Å²) in [7, 11) is -3.15. The number of pyridine rings is 1. The Hall–Kier alpha value is -1.63. The Bertz CT molecular complexity index is 1050. The zero-order valence-electron chi connectivity index (χ0n) is 17.7. The van der Waals surface area contributed by atoms with Gasteiger partial charge in [-0.25, -0.2) is 8.42 Å². The fraction of sp³-hybridized carbons (Fsp3) is 0.739. The molecule has 2 aromatic rings. The van der Waals surface area contributed by atoms with Crippen molar-refractivity contribution in [1.82, 2.24) is 14.6 Å². The molecular formula is C23H31N3O3S. The van der Waals surface area contributed by atoms with Gasteiger partial charge >= 0.3 is 0 Å². The molecule has 6 nitrogen and oxygen atoms in total. The number of aromatic nitrogens is 3. The molecule has 2 heterocycles. The lowest BCUT2D eigenvalue weighted by Gasteiger charge is -2.56. The normalized spacial score (nSPS) is 32.8. The van der Waals surface area contributed by atoms with Gasteiger partial charge in [0.05, 0.1) is 6.61 Å². The van der Waals surface area contributed by atoms with Crippen LogP contribution in [0.15, 0.2) is 12.3 Å². The Labute approximate surface area is 178 Å². The van der Waals surface area contributed by atoms with Crippen molar-refractivity contribution < 1.29 is 13.2 Å². The molecule has 162 valence electrons. The second kappa shape index (κ2) is 6.68. The zero-order chi connectivity index (χ0) is 20.5. The summed E-state index contributed by atoms with van der Waals surface area (Å²) < 4.78 is 32.6. The van der Waals surface area contributed by atoms with Crippen LogP contribution in [0, 0.1) is 23.2 Å². The highest BCUT2D eigenvalue weighted by molar-refractivity contribution is 7.90. The quantitative estimate of drug-likeness (QED) is 0.661. The van der Waals surface area contributed by atoms with Crippen LogP contribution in [-0.4, -0.2) is 35.4 Å². The molecule has 2 aromatic heterocycles. The minimum absolute atomic E-state index is 0.0672. The molecule has 4 bridgehead atoms. The predicted octanol–water partition coefficient (Wildman–Crippen LogP) is 4.14. The van der Waals surface area contributed by atoms with Gasteiger partial charge in [0.15, 0.2) is 21.3 Å². The lowest BCUT2D eigenvalue weighted by Crippen LogP contribution is -2.48. The van der Waals surface area contributed by atoms with Crippen molar-refractivity contribution in [3.63, 3.8) is 0 Å². The highest BCUT2D eigenvalue weighted by Gasteiger charge is 2.51. The highest BCUT2D eigenvalue weighted by atomic mass is 32.2. The first-order valence-electron chi connectivity index (χ1n) is 11.6. The molecule has 0 unspecified atom stereocenters. The van der Waals surface area contributed by atoms with E-state index in [0.29, 0.717) is 22.8 Å². The third-order valence-corrected chi connectivity index (χ3v) is 9.69. The monoisotopic (exact) mass is 429 g/mol. The van der Waals surface area contributed by atoms with E-state index in [1.54, 1.807) is 6.92 Å². The van der Waals surface area contributed by atoms with Crippen LogP contribution in [0.2, 0.25) is 0 Å². The molecule has 7 rings (SSSR count). The molecule has 0 atom stereocenters. The molecule has 0 saturated heterocycles. The first kappa shape index (κ1) is 19.1. The third-order valence-electron chi connectivity index (χ3n) is 8.11. The maximum atomic E-state index is 12.1. The van der Waals surface area contributed by atoms with Gasteiger partial charge in [-0.2, -0.15) is 0 Å². The van der Waals surface area contributed by atoms with Crippen LogP contribution < -0.4 is 4.74 Å². The summed E-state index contributed by atoms with van der Waals surface area (Å²) in [4.78, 5) is 0. The van der Waals surface area contributed by atoms with E-state index < -0.39 is 9.84 Å². The summed E-state index contributed by atoms with van der Waals surface area (Å²) in [5.41, 5.74) is 2.25. The predicted molar refractivity (Wildman–Crippen MR) is 114 cm³/mol. The number of sulfone groups is 1. The van der Waals surface area contributed by atoms with Gasteiger partial charge in [-0.3, -0.25) is 4.40 Å². The van der Waals surface area contributed by atoms with Crippen molar-refractivity contribution in [2.24, 2.45) is 23.2 Å². The average Bonchev–Trinajstić information content (AvgIpc) is 3.47. The van der Waals surface area contributed by atoms with Crippen LogP contribution in [0.3, 0.4) is 0 Å². The van der Waals surface area contributed by atoms with Crippen molar-refractivity contribution in [2.45, 2.75) is 70.0 Å². The molecule has 0 aliphatic heterocycles. The van der Waals surface area contributed by atoms with E-state index in [1.165, 1.54) is 56.9 Å². The van der Waals surface area contributed by atoms with E-state index in [-0.39, 0.29) is 11.5 Å². The van der Waals surface area contributed by atoms with E-state index >= 15 is 0 Å². The van der Waals surface area contributed by atoms with Crippen LogP contribution in [0.4, 0.5) is 0 Å². The summed E-state index contributed by atoms with van der Waals surface area (Å²) in [6, 6.07) is 1.99. The summed E-state index contributed by atoms with van der Waals surface area (Å²) in [6.07, 6.45) is 12.7. The fourth-order valence-electron chi connectivity index (χ4n) is 6.90. The maximum Gasteiger partial charge on any atom is 0.164 e. The lowest BCUT2D eigenvalue weighted by molar-refractivity contribution is -0.0746. The third kappa shape index (κ3) is 3.33. The molecule has 0 aromatic carbocycles. The van der Waals surface area contributed by atoms with Gasteiger partial charge in [0.2, 0.25) is 0 Å². The summed E-state index contributed by atoms with van der Waals surface area (Å²) >= 11 is 0. The topological polar surface area (TPSA) is 73.6 Å². The van der Waals surface area contributed by atoms with Gasteiger partial charge in [-0.05, 0) is 75.0 Å². The molecule has 0 amide bonds. The zero-order valence-corrected chi connectivity index (χ0v) is 18.5. The molecule has 5 aliphatic rings.